The van der Waals surface area contributed by atoms with E-state index in [1.807, 2.05) is 14.0 Å². The molecule has 1 heterocycles. The minimum absolute atomic E-state index is 0.305. The average Bonchev–Trinajstić information content (AvgIpc) is 2.42. The van der Waals surface area contributed by atoms with Crippen LogP contribution in [0.25, 0.3) is 0 Å². The second-order valence-corrected chi connectivity index (χ2v) is 7.31. The van der Waals surface area contributed by atoms with Crippen LogP contribution < -0.4 is 0 Å². The predicted molar refractivity (Wildman–Crippen MR) is 80.5 cm³/mol. The number of nitrogens with zero attached hydrogens (tertiary/aromatic N) is 2. The van der Waals surface area contributed by atoms with E-state index in [4.69, 9.17) is 11.6 Å². The highest BCUT2D eigenvalue weighted by atomic mass is 35.5. The van der Waals surface area contributed by atoms with E-state index in [1.165, 1.54) is 0 Å². The van der Waals surface area contributed by atoms with Crippen LogP contribution in [0.1, 0.15) is 51.9 Å². The van der Waals surface area contributed by atoms with Crippen molar-refractivity contribution >= 4 is 11.6 Å². The third-order valence-electron chi connectivity index (χ3n) is 3.33. The third kappa shape index (κ3) is 5.15. The SMILES string of the molecule is Cc1nn(C)c(CC(O)CC(C)CC(C)(C)C)c1Cl. The van der Waals surface area contributed by atoms with Gasteiger partial charge in [0.1, 0.15) is 0 Å². The Labute approximate surface area is 122 Å². The van der Waals surface area contributed by atoms with Crippen LogP contribution in [-0.4, -0.2) is 21.0 Å². The molecule has 2 atom stereocenters. The second kappa shape index (κ2) is 6.27. The summed E-state index contributed by atoms with van der Waals surface area (Å²) < 4.78 is 1.77. The number of halogens is 1. The fourth-order valence-corrected chi connectivity index (χ4v) is 3.04. The molecule has 0 saturated heterocycles. The van der Waals surface area contributed by atoms with Gasteiger partial charge in [0.05, 0.1) is 22.5 Å². The first-order valence-electron chi connectivity index (χ1n) is 6.96. The highest BCUT2D eigenvalue weighted by Gasteiger charge is 2.20. The van der Waals surface area contributed by atoms with Crippen LogP contribution in [0.5, 0.6) is 0 Å². The average molecular weight is 287 g/mol. The summed E-state index contributed by atoms with van der Waals surface area (Å²) in [6.07, 6.45) is 2.13. The van der Waals surface area contributed by atoms with Crippen molar-refractivity contribution < 1.29 is 5.11 Å². The first kappa shape index (κ1) is 16.5. The van der Waals surface area contributed by atoms with Gasteiger partial charge < -0.3 is 5.11 Å². The molecular weight excluding hydrogens is 260 g/mol. The Morgan fingerprint density at radius 1 is 1.37 bits per heavy atom. The molecule has 0 aromatic carbocycles. The molecule has 0 spiro atoms. The summed E-state index contributed by atoms with van der Waals surface area (Å²) in [6, 6.07) is 0. The normalized spacial score (nSPS) is 15.6. The lowest BCUT2D eigenvalue weighted by Crippen LogP contribution is -2.20. The monoisotopic (exact) mass is 286 g/mol. The van der Waals surface area contributed by atoms with Gasteiger partial charge in [0.25, 0.3) is 0 Å². The van der Waals surface area contributed by atoms with Crippen molar-refractivity contribution in [1.29, 1.82) is 0 Å². The molecule has 0 bridgehead atoms. The zero-order chi connectivity index (χ0) is 14.8. The van der Waals surface area contributed by atoms with E-state index in [2.05, 4.69) is 32.8 Å². The maximum absolute atomic E-state index is 10.2. The Morgan fingerprint density at radius 3 is 2.37 bits per heavy atom. The van der Waals surface area contributed by atoms with E-state index in [0.717, 1.165) is 24.2 Å². The highest BCUT2D eigenvalue weighted by molar-refractivity contribution is 6.31. The molecule has 2 unspecified atom stereocenters. The molecule has 3 nitrogen and oxygen atoms in total. The van der Waals surface area contributed by atoms with E-state index in [9.17, 15) is 5.11 Å². The van der Waals surface area contributed by atoms with E-state index in [0.29, 0.717) is 22.8 Å². The maximum Gasteiger partial charge on any atom is 0.0847 e. The molecule has 1 aromatic heterocycles. The lowest BCUT2D eigenvalue weighted by Gasteiger charge is -2.25. The van der Waals surface area contributed by atoms with Crippen molar-refractivity contribution in [2.45, 2.75) is 60.0 Å². The zero-order valence-corrected chi connectivity index (χ0v) is 13.8. The number of aliphatic hydroxyl groups excluding tert-OH is 1. The summed E-state index contributed by atoms with van der Waals surface area (Å²) in [5.74, 6) is 0.503. The van der Waals surface area contributed by atoms with Crippen LogP contribution >= 0.6 is 11.6 Å². The van der Waals surface area contributed by atoms with Gasteiger partial charge in [-0.1, -0.05) is 39.3 Å². The summed E-state index contributed by atoms with van der Waals surface area (Å²) in [5, 5.41) is 15.2. The van der Waals surface area contributed by atoms with E-state index >= 15 is 0 Å². The number of hydrogen-bond donors (Lipinski definition) is 1. The molecule has 0 saturated carbocycles. The van der Waals surface area contributed by atoms with Crippen molar-refractivity contribution in [1.82, 2.24) is 9.78 Å². The number of aliphatic hydroxyl groups is 1. The van der Waals surface area contributed by atoms with Gasteiger partial charge in [0.15, 0.2) is 0 Å². The Hall–Kier alpha value is -0.540. The van der Waals surface area contributed by atoms with Crippen LogP contribution in [-0.2, 0) is 13.5 Å². The number of aryl methyl sites for hydroxylation is 2. The molecule has 1 rings (SSSR count). The van der Waals surface area contributed by atoms with Gasteiger partial charge in [-0.25, -0.2) is 0 Å². The van der Waals surface area contributed by atoms with Gasteiger partial charge in [-0.3, -0.25) is 4.68 Å². The smallest absolute Gasteiger partial charge is 0.0847 e. The molecule has 19 heavy (non-hydrogen) atoms. The largest absolute Gasteiger partial charge is 0.393 e. The lowest BCUT2D eigenvalue weighted by molar-refractivity contribution is 0.131. The Morgan fingerprint density at radius 2 is 1.95 bits per heavy atom. The summed E-state index contributed by atoms with van der Waals surface area (Å²) in [7, 11) is 1.87. The summed E-state index contributed by atoms with van der Waals surface area (Å²) >= 11 is 6.21. The standard InChI is InChI=1S/C15H27ClN2O/c1-10(9-15(3,4)5)7-12(19)8-13-14(16)11(2)17-18(13)6/h10,12,19H,7-9H2,1-6H3. The van der Waals surface area contributed by atoms with Crippen LogP contribution in [0.15, 0.2) is 0 Å². The van der Waals surface area contributed by atoms with Crippen molar-refractivity contribution in [2.24, 2.45) is 18.4 Å². The molecule has 0 aliphatic rings. The van der Waals surface area contributed by atoms with Gasteiger partial charge >= 0.3 is 0 Å². The molecule has 1 aromatic rings. The van der Waals surface area contributed by atoms with Crippen molar-refractivity contribution in [3.8, 4) is 0 Å². The van der Waals surface area contributed by atoms with Crippen molar-refractivity contribution in [2.75, 3.05) is 0 Å². The number of rotatable bonds is 5. The third-order valence-corrected chi connectivity index (χ3v) is 3.82. The molecule has 0 aliphatic carbocycles. The van der Waals surface area contributed by atoms with Crippen molar-refractivity contribution in [3.05, 3.63) is 16.4 Å². The van der Waals surface area contributed by atoms with Gasteiger partial charge in [-0.05, 0) is 31.1 Å². The topological polar surface area (TPSA) is 38.0 Å². The predicted octanol–water partition coefficient (Wildman–Crippen LogP) is 3.75. The Bertz CT molecular complexity index is 421. The van der Waals surface area contributed by atoms with Crippen LogP contribution in [0, 0.1) is 18.3 Å². The molecule has 0 radical (unpaired) electrons. The van der Waals surface area contributed by atoms with E-state index in [1.54, 1.807) is 4.68 Å². The molecular formula is C15H27ClN2O. The van der Waals surface area contributed by atoms with E-state index < -0.39 is 0 Å². The summed E-state index contributed by atoms with van der Waals surface area (Å²) in [6.45, 7) is 10.8. The van der Waals surface area contributed by atoms with E-state index in [-0.39, 0.29) is 6.10 Å². The van der Waals surface area contributed by atoms with Gasteiger partial charge in [-0.15, -0.1) is 0 Å². The minimum Gasteiger partial charge on any atom is -0.393 e. The molecule has 110 valence electrons. The molecule has 4 heteroatoms. The fraction of sp³-hybridized carbons (Fsp3) is 0.800. The molecule has 0 aliphatic heterocycles. The molecule has 0 fully saturated rings. The second-order valence-electron chi connectivity index (χ2n) is 6.93. The first-order chi connectivity index (χ1) is 8.60. The fourth-order valence-electron chi connectivity index (χ4n) is 2.80. The van der Waals surface area contributed by atoms with Crippen LogP contribution in [0.2, 0.25) is 5.02 Å². The first-order valence-corrected chi connectivity index (χ1v) is 7.34. The Kier molecular flexibility index (Phi) is 5.45. The molecule has 0 amide bonds. The summed E-state index contributed by atoms with van der Waals surface area (Å²) in [4.78, 5) is 0. The van der Waals surface area contributed by atoms with Gasteiger partial charge in [-0.2, -0.15) is 5.10 Å². The Balaban J connectivity index is 2.58. The van der Waals surface area contributed by atoms with Crippen LogP contribution in [0.3, 0.4) is 0 Å². The minimum atomic E-state index is -0.357. The number of hydrogen-bond acceptors (Lipinski definition) is 2. The highest BCUT2D eigenvalue weighted by Crippen LogP contribution is 2.28. The van der Waals surface area contributed by atoms with Crippen LogP contribution in [0.4, 0.5) is 0 Å². The van der Waals surface area contributed by atoms with Gasteiger partial charge in [0, 0.05) is 13.5 Å². The van der Waals surface area contributed by atoms with Gasteiger partial charge in [0.2, 0.25) is 0 Å². The lowest BCUT2D eigenvalue weighted by atomic mass is 9.83. The number of aromatic nitrogens is 2. The molecule has 1 N–H and O–H groups in total. The maximum atomic E-state index is 10.2. The quantitative estimate of drug-likeness (QED) is 0.895. The van der Waals surface area contributed by atoms with Crippen molar-refractivity contribution in [3.63, 3.8) is 0 Å². The zero-order valence-electron chi connectivity index (χ0n) is 13.0. The summed E-state index contributed by atoms with van der Waals surface area (Å²) in [5.41, 5.74) is 2.06.